The van der Waals surface area contributed by atoms with E-state index >= 15 is 0 Å². The Balaban J connectivity index is 1.79. The smallest absolute Gasteiger partial charge is 0.0342 e. The van der Waals surface area contributed by atoms with Gasteiger partial charge in [0.05, 0.1) is 0 Å². The van der Waals surface area contributed by atoms with E-state index in [1.54, 1.807) is 0 Å². The van der Waals surface area contributed by atoms with Crippen LogP contribution in [0.5, 0.6) is 0 Å². The summed E-state index contributed by atoms with van der Waals surface area (Å²) in [5.74, 6) is 2.97. The van der Waals surface area contributed by atoms with E-state index in [-0.39, 0.29) is 0 Å². The molecular formula is C19H33Br. The Hall–Kier alpha value is 0.480. The molecule has 3 aliphatic rings. The van der Waals surface area contributed by atoms with Crippen molar-refractivity contribution in [2.45, 2.75) is 101 Å². The van der Waals surface area contributed by atoms with Crippen LogP contribution in [-0.2, 0) is 0 Å². The van der Waals surface area contributed by atoms with E-state index in [1.165, 1.54) is 96.3 Å². The molecule has 0 amide bonds. The normalized spacial score (nSPS) is 28.6. The number of alkyl halides is 1. The maximum Gasteiger partial charge on any atom is 0.0342 e. The number of rotatable bonds is 3. The fourth-order valence-corrected chi connectivity index (χ4v) is 7.01. The molecule has 0 N–H and O–H groups in total. The molecule has 0 aromatic heterocycles. The Morgan fingerprint density at radius 2 is 0.700 bits per heavy atom. The molecule has 3 saturated carbocycles. The van der Waals surface area contributed by atoms with Crippen LogP contribution in [0.15, 0.2) is 0 Å². The first kappa shape index (κ1) is 15.4. The molecule has 0 heterocycles. The maximum atomic E-state index is 4.47. The van der Waals surface area contributed by atoms with Crippen LogP contribution < -0.4 is 0 Å². The highest BCUT2D eigenvalue weighted by Gasteiger charge is 2.48. The molecule has 0 saturated heterocycles. The minimum atomic E-state index is 0.522. The lowest BCUT2D eigenvalue weighted by molar-refractivity contribution is 0.105. The molecule has 0 aromatic carbocycles. The Morgan fingerprint density at radius 3 is 0.950 bits per heavy atom. The van der Waals surface area contributed by atoms with E-state index in [9.17, 15) is 0 Å². The van der Waals surface area contributed by atoms with Crippen LogP contribution in [0.3, 0.4) is 0 Å². The van der Waals surface area contributed by atoms with Crippen molar-refractivity contribution in [3.63, 3.8) is 0 Å². The fraction of sp³-hybridized carbons (Fsp3) is 1.00. The van der Waals surface area contributed by atoms with Crippen LogP contribution in [0.2, 0.25) is 0 Å². The minimum Gasteiger partial charge on any atom is -0.0844 e. The molecule has 3 fully saturated rings. The summed E-state index contributed by atoms with van der Waals surface area (Å²) in [6.07, 6.45) is 22.5. The molecule has 3 rings (SSSR count). The molecule has 0 radical (unpaired) electrons. The second-order valence-corrected chi connectivity index (χ2v) is 9.21. The average molecular weight is 341 g/mol. The predicted octanol–water partition coefficient (Wildman–Crippen LogP) is 6.86. The summed E-state index contributed by atoms with van der Waals surface area (Å²) >= 11 is 4.47. The van der Waals surface area contributed by atoms with Crippen LogP contribution in [0.25, 0.3) is 0 Å². The van der Waals surface area contributed by atoms with Gasteiger partial charge in [0, 0.05) is 4.32 Å². The summed E-state index contributed by atoms with van der Waals surface area (Å²) in [6, 6.07) is 0. The number of halogens is 1. The first-order valence-corrected chi connectivity index (χ1v) is 10.3. The second kappa shape index (κ2) is 7.16. The van der Waals surface area contributed by atoms with Gasteiger partial charge in [0.2, 0.25) is 0 Å². The summed E-state index contributed by atoms with van der Waals surface area (Å²) in [5.41, 5.74) is 0. The predicted molar refractivity (Wildman–Crippen MR) is 91.4 cm³/mol. The van der Waals surface area contributed by atoms with Crippen molar-refractivity contribution in [3.8, 4) is 0 Å². The van der Waals surface area contributed by atoms with Gasteiger partial charge in [-0.25, -0.2) is 0 Å². The molecule has 0 spiro atoms. The highest BCUT2D eigenvalue weighted by Crippen LogP contribution is 2.55. The summed E-state index contributed by atoms with van der Waals surface area (Å²) in [6.45, 7) is 0. The highest BCUT2D eigenvalue weighted by molar-refractivity contribution is 9.10. The van der Waals surface area contributed by atoms with E-state index < -0.39 is 0 Å². The topological polar surface area (TPSA) is 0 Å². The third-order valence-electron chi connectivity index (χ3n) is 6.69. The Labute approximate surface area is 134 Å². The SMILES string of the molecule is BrC(C1CCCCC1)(C1CCCCC1)C1CCCCC1. The lowest BCUT2D eigenvalue weighted by Gasteiger charge is -2.51. The summed E-state index contributed by atoms with van der Waals surface area (Å²) in [5, 5.41) is 0. The molecule has 3 aliphatic carbocycles. The maximum absolute atomic E-state index is 4.47. The lowest BCUT2D eigenvalue weighted by Crippen LogP contribution is -2.48. The third kappa shape index (κ3) is 3.13. The van der Waals surface area contributed by atoms with E-state index in [4.69, 9.17) is 0 Å². The van der Waals surface area contributed by atoms with Gasteiger partial charge in [-0.1, -0.05) is 73.7 Å². The largest absolute Gasteiger partial charge is 0.0844 e. The number of hydrogen-bond acceptors (Lipinski definition) is 0. The van der Waals surface area contributed by atoms with Crippen molar-refractivity contribution in [1.29, 1.82) is 0 Å². The number of hydrogen-bond donors (Lipinski definition) is 0. The van der Waals surface area contributed by atoms with Gasteiger partial charge < -0.3 is 0 Å². The molecule has 0 bridgehead atoms. The van der Waals surface area contributed by atoms with Crippen LogP contribution >= 0.6 is 15.9 Å². The standard InChI is InChI=1S/C19H33Br/c20-19(16-10-4-1-5-11-16,17-12-6-2-7-13-17)18-14-8-3-9-15-18/h16-18H,1-15H2. The Bertz CT molecular complexity index is 235. The van der Waals surface area contributed by atoms with Crippen LogP contribution in [0, 0.1) is 17.8 Å². The summed E-state index contributed by atoms with van der Waals surface area (Å²) in [4.78, 5) is 0. The highest BCUT2D eigenvalue weighted by atomic mass is 79.9. The van der Waals surface area contributed by atoms with Gasteiger partial charge in [0.25, 0.3) is 0 Å². The third-order valence-corrected chi connectivity index (χ3v) is 8.64. The Kier molecular flexibility index (Phi) is 5.51. The molecular weight excluding hydrogens is 308 g/mol. The van der Waals surface area contributed by atoms with Crippen molar-refractivity contribution in [1.82, 2.24) is 0 Å². The van der Waals surface area contributed by atoms with Gasteiger partial charge in [-0.2, -0.15) is 0 Å². The summed E-state index contributed by atoms with van der Waals surface area (Å²) in [7, 11) is 0. The quantitative estimate of drug-likeness (QED) is 0.492. The van der Waals surface area contributed by atoms with Crippen LogP contribution in [0.4, 0.5) is 0 Å². The molecule has 0 atom stereocenters. The van der Waals surface area contributed by atoms with Gasteiger partial charge in [-0.05, 0) is 56.3 Å². The first-order valence-electron chi connectivity index (χ1n) is 9.50. The minimum absolute atomic E-state index is 0.522. The van der Waals surface area contributed by atoms with Gasteiger partial charge in [0.1, 0.15) is 0 Å². The van der Waals surface area contributed by atoms with E-state index in [0.29, 0.717) is 4.32 Å². The zero-order valence-electron chi connectivity index (χ0n) is 13.2. The summed E-state index contributed by atoms with van der Waals surface area (Å²) < 4.78 is 0.522. The van der Waals surface area contributed by atoms with E-state index in [0.717, 1.165) is 17.8 Å². The van der Waals surface area contributed by atoms with E-state index in [2.05, 4.69) is 15.9 Å². The molecule has 0 aliphatic heterocycles. The first-order chi connectivity index (χ1) is 9.82. The van der Waals surface area contributed by atoms with Crippen molar-refractivity contribution in [2.24, 2.45) is 17.8 Å². The zero-order chi connectivity index (χ0) is 13.8. The van der Waals surface area contributed by atoms with Crippen molar-refractivity contribution in [2.75, 3.05) is 0 Å². The van der Waals surface area contributed by atoms with Gasteiger partial charge in [-0.3, -0.25) is 0 Å². The van der Waals surface area contributed by atoms with Crippen molar-refractivity contribution < 1.29 is 0 Å². The Morgan fingerprint density at radius 1 is 0.450 bits per heavy atom. The van der Waals surface area contributed by atoms with Crippen molar-refractivity contribution >= 4 is 15.9 Å². The van der Waals surface area contributed by atoms with Gasteiger partial charge in [-0.15, -0.1) is 0 Å². The molecule has 0 aromatic rings. The average Bonchev–Trinajstić information content (AvgIpc) is 2.56. The van der Waals surface area contributed by atoms with Gasteiger partial charge >= 0.3 is 0 Å². The van der Waals surface area contributed by atoms with Crippen LogP contribution in [-0.4, -0.2) is 4.32 Å². The van der Waals surface area contributed by atoms with Gasteiger partial charge in [0.15, 0.2) is 0 Å². The second-order valence-electron chi connectivity index (χ2n) is 7.83. The van der Waals surface area contributed by atoms with E-state index in [1.807, 2.05) is 0 Å². The van der Waals surface area contributed by atoms with Crippen molar-refractivity contribution in [3.05, 3.63) is 0 Å². The zero-order valence-corrected chi connectivity index (χ0v) is 14.8. The lowest BCUT2D eigenvalue weighted by atomic mass is 9.62. The molecule has 116 valence electrons. The molecule has 20 heavy (non-hydrogen) atoms. The van der Waals surface area contributed by atoms with Crippen LogP contribution in [0.1, 0.15) is 96.3 Å². The molecule has 1 heteroatoms. The fourth-order valence-electron chi connectivity index (χ4n) is 5.64. The monoisotopic (exact) mass is 340 g/mol. The molecule has 0 nitrogen and oxygen atoms in total. The molecule has 0 unspecified atom stereocenters.